The largest absolute Gasteiger partial charge is 0.490 e. The minimum Gasteiger partial charge on any atom is -0.490 e. The third-order valence-electron chi connectivity index (χ3n) is 2.95. The van der Waals surface area contributed by atoms with Crippen molar-refractivity contribution >= 4 is 39.2 Å². The van der Waals surface area contributed by atoms with Crippen LogP contribution in [0.25, 0.3) is 0 Å². The zero-order valence-electron chi connectivity index (χ0n) is 12.9. The summed E-state index contributed by atoms with van der Waals surface area (Å²) in [5.41, 5.74) is 0.416. The third kappa shape index (κ3) is 6.29. The predicted octanol–water partition coefficient (Wildman–Crippen LogP) is 2.88. The van der Waals surface area contributed by atoms with Gasteiger partial charge in [0.25, 0.3) is 5.91 Å². The van der Waals surface area contributed by atoms with Crippen LogP contribution in [0.1, 0.15) is 30.6 Å². The van der Waals surface area contributed by atoms with Crippen molar-refractivity contribution in [3.05, 3.63) is 28.2 Å². The summed E-state index contributed by atoms with van der Waals surface area (Å²) in [5, 5.41) is 6.02. The monoisotopic (exact) mass is 388 g/mol. The van der Waals surface area contributed by atoms with Crippen molar-refractivity contribution < 1.29 is 14.3 Å². The van der Waals surface area contributed by atoms with Crippen LogP contribution in [0.2, 0.25) is 0 Å². The van der Waals surface area contributed by atoms with Gasteiger partial charge in [-0.3, -0.25) is 10.1 Å². The minimum atomic E-state index is -0.311. The summed E-state index contributed by atoms with van der Waals surface area (Å²) in [6.45, 7) is 4.86. The number of nitrogens with one attached hydrogen (secondary N) is 2. The molecular weight excluding hydrogens is 368 g/mol. The van der Waals surface area contributed by atoms with Gasteiger partial charge in [0, 0.05) is 17.6 Å². The first-order valence-electron chi connectivity index (χ1n) is 7.01. The van der Waals surface area contributed by atoms with Crippen molar-refractivity contribution in [1.29, 1.82) is 0 Å². The Bertz CT molecular complexity index is 526. The lowest BCUT2D eigenvalue weighted by atomic mass is 10.2. The van der Waals surface area contributed by atoms with E-state index in [4.69, 9.17) is 21.7 Å². The third-order valence-corrected chi connectivity index (χ3v) is 3.66. The molecule has 0 aliphatic heterocycles. The Balaban J connectivity index is 2.78. The van der Waals surface area contributed by atoms with Gasteiger partial charge >= 0.3 is 0 Å². The van der Waals surface area contributed by atoms with Gasteiger partial charge in [-0.15, -0.1) is 0 Å². The summed E-state index contributed by atoms with van der Waals surface area (Å²) in [5.74, 6) is 0.179. The number of amides is 1. The summed E-state index contributed by atoms with van der Waals surface area (Å²) in [4.78, 5) is 12.4. The number of carbonyl (C=O) groups is 1. The fourth-order valence-electron chi connectivity index (χ4n) is 1.57. The maximum absolute atomic E-state index is 12.4. The van der Waals surface area contributed by atoms with E-state index in [0.717, 1.165) is 10.9 Å². The molecule has 1 aromatic carbocycles. The van der Waals surface area contributed by atoms with Crippen molar-refractivity contribution in [2.75, 3.05) is 20.3 Å². The molecule has 1 aromatic rings. The molecule has 0 aliphatic carbocycles. The highest BCUT2D eigenvalue weighted by molar-refractivity contribution is 9.10. The first-order valence-corrected chi connectivity index (χ1v) is 8.21. The molecule has 0 bridgehead atoms. The lowest BCUT2D eigenvalue weighted by Crippen LogP contribution is -2.43. The van der Waals surface area contributed by atoms with E-state index >= 15 is 0 Å². The zero-order chi connectivity index (χ0) is 16.5. The standard InChI is InChI=1S/C15H21BrN2O3S/c1-4-10(2)17-15(22)18-14(19)12-9-11(16)5-6-13(12)21-8-7-20-3/h5-6,9-10H,4,7-8H2,1-3H3,(H2,17,18,19,22). The normalized spacial score (nSPS) is 11.6. The maximum Gasteiger partial charge on any atom is 0.261 e. The number of carbonyl (C=O) groups excluding carboxylic acids is 1. The molecule has 0 aromatic heterocycles. The van der Waals surface area contributed by atoms with Gasteiger partial charge in [0.05, 0.1) is 12.2 Å². The second-order valence-corrected chi connectivity index (χ2v) is 6.04. The number of methoxy groups -OCH3 is 1. The quantitative estimate of drug-likeness (QED) is 0.555. The van der Waals surface area contributed by atoms with E-state index in [1.54, 1.807) is 19.2 Å². The van der Waals surface area contributed by atoms with Crippen LogP contribution in [0.4, 0.5) is 0 Å². The van der Waals surface area contributed by atoms with E-state index in [0.29, 0.717) is 29.6 Å². The van der Waals surface area contributed by atoms with E-state index in [-0.39, 0.29) is 11.9 Å². The van der Waals surface area contributed by atoms with E-state index in [1.807, 2.05) is 19.9 Å². The van der Waals surface area contributed by atoms with E-state index < -0.39 is 0 Å². The number of benzene rings is 1. The van der Waals surface area contributed by atoms with Crippen molar-refractivity contribution in [3.8, 4) is 5.75 Å². The number of rotatable bonds is 7. The van der Waals surface area contributed by atoms with Crippen LogP contribution >= 0.6 is 28.1 Å². The molecule has 5 nitrogen and oxygen atoms in total. The fourth-order valence-corrected chi connectivity index (χ4v) is 2.23. The van der Waals surface area contributed by atoms with Crippen molar-refractivity contribution in [2.45, 2.75) is 26.3 Å². The number of hydrogen-bond donors (Lipinski definition) is 2. The molecule has 0 saturated heterocycles. The number of thiocarbonyl (C=S) groups is 1. The molecular formula is C15H21BrN2O3S. The van der Waals surface area contributed by atoms with E-state index in [9.17, 15) is 4.79 Å². The second-order valence-electron chi connectivity index (χ2n) is 4.72. The number of hydrogen-bond acceptors (Lipinski definition) is 4. The van der Waals surface area contributed by atoms with Gasteiger partial charge in [-0.25, -0.2) is 0 Å². The lowest BCUT2D eigenvalue weighted by molar-refractivity contribution is 0.0968. The summed E-state index contributed by atoms with van der Waals surface area (Å²) in [7, 11) is 1.59. The molecule has 22 heavy (non-hydrogen) atoms. The second kappa shape index (κ2) is 9.76. The molecule has 0 fully saturated rings. The average Bonchev–Trinajstić information content (AvgIpc) is 2.48. The zero-order valence-corrected chi connectivity index (χ0v) is 15.3. The Morgan fingerprint density at radius 1 is 1.41 bits per heavy atom. The number of ether oxygens (including phenoxy) is 2. The van der Waals surface area contributed by atoms with Crippen LogP contribution in [0.5, 0.6) is 5.75 Å². The van der Waals surface area contributed by atoms with Gasteiger partial charge in [0.15, 0.2) is 5.11 Å². The molecule has 0 aliphatic rings. The van der Waals surface area contributed by atoms with Gasteiger partial charge < -0.3 is 14.8 Å². The molecule has 1 rings (SSSR count). The molecule has 0 heterocycles. The summed E-state index contributed by atoms with van der Waals surface area (Å²) >= 11 is 8.50. The predicted molar refractivity (Wildman–Crippen MR) is 94.5 cm³/mol. The van der Waals surface area contributed by atoms with Crippen molar-refractivity contribution in [1.82, 2.24) is 10.6 Å². The molecule has 0 saturated carbocycles. The van der Waals surface area contributed by atoms with Crippen molar-refractivity contribution in [3.63, 3.8) is 0 Å². The van der Waals surface area contributed by atoms with Gasteiger partial charge in [0.2, 0.25) is 0 Å². The molecule has 7 heteroatoms. The Morgan fingerprint density at radius 3 is 2.77 bits per heavy atom. The molecule has 1 amide bonds. The van der Waals surface area contributed by atoms with E-state index in [1.165, 1.54) is 0 Å². The summed E-state index contributed by atoms with van der Waals surface area (Å²) in [6.07, 6.45) is 0.915. The van der Waals surface area contributed by atoms with Gasteiger partial charge in [-0.2, -0.15) is 0 Å². The number of halogens is 1. The molecule has 1 atom stereocenters. The molecule has 0 radical (unpaired) electrons. The Labute approximate surface area is 144 Å². The maximum atomic E-state index is 12.4. The highest BCUT2D eigenvalue weighted by Crippen LogP contribution is 2.23. The van der Waals surface area contributed by atoms with Crippen LogP contribution in [0.3, 0.4) is 0 Å². The molecule has 0 spiro atoms. The van der Waals surface area contributed by atoms with Crippen LogP contribution in [0, 0.1) is 0 Å². The minimum absolute atomic E-state index is 0.202. The SMILES string of the molecule is CCC(C)NC(=S)NC(=O)c1cc(Br)ccc1OCCOC. The fraction of sp³-hybridized carbons (Fsp3) is 0.467. The van der Waals surface area contributed by atoms with Crippen LogP contribution in [-0.4, -0.2) is 37.4 Å². The van der Waals surface area contributed by atoms with Gasteiger partial charge in [-0.1, -0.05) is 22.9 Å². The molecule has 1 unspecified atom stereocenters. The summed E-state index contributed by atoms with van der Waals surface area (Å²) in [6, 6.07) is 5.45. The molecule has 2 N–H and O–H groups in total. The Kier molecular flexibility index (Phi) is 8.37. The van der Waals surface area contributed by atoms with Crippen LogP contribution in [0.15, 0.2) is 22.7 Å². The highest BCUT2D eigenvalue weighted by Gasteiger charge is 2.15. The lowest BCUT2D eigenvalue weighted by Gasteiger charge is -2.16. The summed E-state index contributed by atoms with van der Waals surface area (Å²) < 4.78 is 11.3. The smallest absolute Gasteiger partial charge is 0.261 e. The topological polar surface area (TPSA) is 59.6 Å². The Morgan fingerprint density at radius 2 is 2.14 bits per heavy atom. The highest BCUT2D eigenvalue weighted by atomic mass is 79.9. The van der Waals surface area contributed by atoms with Crippen molar-refractivity contribution in [2.24, 2.45) is 0 Å². The van der Waals surface area contributed by atoms with Crippen LogP contribution < -0.4 is 15.4 Å². The first kappa shape index (κ1) is 18.9. The van der Waals surface area contributed by atoms with Crippen LogP contribution in [-0.2, 0) is 4.74 Å². The van der Waals surface area contributed by atoms with Gasteiger partial charge in [0.1, 0.15) is 12.4 Å². The molecule has 122 valence electrons. The first-order chi connectivity index (χ1) is 10.5. The van der Waals surface area contributed by atoms with E-state index in [2.05, 4.69) is 26.6 Å². The Hall–Kier alpha value is -1.18. The van der Waals surface area contributed by atoms with Gasteiger partial charge in [-0.05, 0) is 43.8 Å². The average molecular weight is 389 g/mol.